The lowest BCUT2D eigenvalue weighted by Crippen LogP contribution is -2.11. The molecule has 2 N–H and O–H groups in total. The van der Waals surface area contributed by atoms with E-state index in [4.69, 9.17) is 5.73 Å². The van der Waals surface area contributed by atoms with Gasteiger partial charge in [-0.2, -0.15) is 0 Å². The Hall–Kier alpha value is -1.76. The molecule has 0 fully saturated rings. The van der Waals surface area contributed by atoms with Gasteiger partial charge in [-0.25, -0.2) is 0 Å². The number of rotatable bonds is 3. The van der Waals surface area contributed by atoms with E-state index in [0.29, 0.717) is 0 Å². The molecule has 1 rings (SSSR count). The van der Waals surface area contributed by atoms with Crippen molar-refractivity contribution >= 4 is 0 Å². The van der Waals surface area contributed by atoms with Crippen LogP contribution in [0.1, 0.15) is 20.8 Å². The van der Waals surface area contributed by atoms with Crippen molar-refractivity contribution < 1.29 is 0 Å². The summed E-state index contributed by atoms with van der Waals surface area (Å²) in [6.07, 6.45) is 20.6. The highest BCUT2D eigenvalue weighted by molar-refractivity contribution is 5.42. The van der Waals surface area contributed by atoms with E-state index in [0.717, 1.165) is 5.70 Å². The first-order valence-electron chi connectivity index (χ1n) is 5.93. The lowest BCUT2D eigenvalue weighted by Gasteiger charge is -2.23. The predicted octanol–water partition coefficient (Wildman–Crippen LogP) is 4.04. The molecule has 0 bridgehead atoms. The Morgan fingerprint density at radius 1 is 1.24 bits per heavy atom. The summed E-state index contributed by atoms with van der Waals surface area (Å²) >= 11 is 0. The summed E-state index contributed by atoms with van der Waals surface area (Å²) in [6, 6.07) is 0. The molecule has 1 nitrogen and oxygen atoms in total. The Balaban J connectivity index is 3.14. The maximum atomic E-state index is 5.80. The Kier molecular flexibility index (Phi) is 4.77. The van der Waals surface area contributed by atoms with E-state index < -0.39 is 0 Å². The average Bonchev–Trinajstić information content (AvgIpc) is 2.48. The zero-order valence-electron chi connectivity index (χ0n) is 10.9. The third-order valence-corrected chi connectivity index (χ3v) is 2.79. The molecule has 0 aromatic heterocycles. The van der Waals surface area contributed by atoms with Gasteiger partial charge in [0.2, 0.25) is 0 Å². The second-order valence-electron chi connectivity index (χ2n) is 4.29. The first-order valence-corrected chi connectivity index (χ1v) is 5.93. The van der Waals surface area contributed by atoms with Gasteiger partial charge in [0.05, 0.1) is 0 Å². The fourth-order valence-electron chi connectivity index (χ4n) is 1.73. The SMILES string of the molecule is C\C=C/C=C(\C=C/C)C1(C)C=CC=C(N)C=C1. The van der Waals surface area contributed by atoms with Gasteiger partial charge in [-0.15, -0.1) is 0 Å². The molecule has 0 aromatic carbocycles. The zero-order chi connectivity index (χ0) is 12.7. The summed E-state index contributed by atoms with van der Waals surface area (Å²) in [5.74, 6) is 0. The fraction of sp³-hybridized carbons (Fsp3) is 0.250. The van der Waals surface area contributed by atoms with E-state index in [1.54, 1.807) is 0 Å². The molecule has 17 heavy (non-hydrogen) atoms. The number of nitrogens with two attached hydrogens (primary N) is 1. The van der Waals surface area contributed by atoms with Crippen molar-refractivity contribution in [3.8, 4) is 0 Å². The summed E-state index contributed by atoms with van der Waals surface area (Å²) in [7, 11) is 0. The van der Waals surface area contributed by atoms with Crippen LogP contribution >= 0.6 is 0 Å². The molecule has 0 radical (unpaired) electrons. The van der Waals surface area contributed by atoms with E-state index in [2.05, 4.69) is 43.4 Å². The van der Waals surface area contributed by atoms with Crippen LogP contribution in [0, 0.1) is 5.41 Å². The molecular weight excluding hydrogens is 206 g/mol. The monoisotopic (exact) mass is 227 g/mol. The maximum Gasteiger partial charge on any atom is 0.0311 e. The minimum atomic E-state index is -0.107. The second-order valence-corrected chi connectivity index (χ2v) is 4.29. The van der Waals surface area contributed by atoms with E-state index in [1.165, 1.54) is 5.57 Å². The van der Waals surface area contributed by atoms with Crippen molar-refractivity contribution in [3.63, 3.8) is 0 Å². The van der Waals surface area contributed by atoms with E-state index >= 15 is 0 Å². The third kappa shape index (κ3) is 3.63. The Labute approximate surface area is 104 Å². The lowest BCUT2D eigenvalue weighted by molar-refractivity contribution is 0.681. The van der Waals surface area contributed by atoms with Crippen LogP contribution in [0.5, 0.6) is 0 Å². The molecule has 0 aliphatic heterocycles. The van der Waals surface area contributed by atoms with Gasteiger partial charge in [0.25, 0.3) is 0 Å². The van der Waals surface area contributed by atoms with Gasteiger partial charge in [-0.05, 0) is 38.5 Å². The minimum Gasteiger partial charge on any atom is -0.399 e. The predicted molar refractivity (Wildman–Crippen MR) is 76.4 cm³/mol. The first-order chi connectivity index (χ1) is 8.12. The third-order valence-electron chi connectivity index (χ3n) is 2.79. The van der Waals surface area contributed by atoms with Crippen molar-refractivity contribution in [2.24, 2.45) is 11.1 Å². The van der Waals surface area contributed by atoms with Crippen LogP contribution < -0.4 is 5.73 Å². The van der Waals surface area contributed by atoms with Crippen molar-refractivity contribution in [3.05, 3.63) is 72.0 Å². The highest BCUT2D eigenvalue weighted by atomic mass is 14.6. The molecule has 0 spiro atoms. The van der Waals surface area contributed by atoms with Crippen molar-refractivity contribution in [1.82, 2.24) is 0 Å². The van der Waals surface area contributed by atoms with Crippen molar-refractivity contribution in [2.75, 3.05) is 0 Å². The van der Waals surface area contributed by atoms with E-state index in [1.807, 2.05) is 38.2 Å². The van der Waals surface area contributed by atoms with Crippen LogP contribution in [0.4, 0.5) is 0 Å². The molecule has 1 unspecified atom stereocenters. The molecule has 90 valence electrons. The molecule has 0 amide bonds. The number of hydrogen-bond donors (Lipinski definition) is 1. The standard InChI is InChI=1S/C16H21N/c1-4-6-9-14(8-5-2)16(3)12-7-10-15(17)11-13-16/h4-13H,17H2,1-3H3/b6-4-,8-5-,14-9+. The van der Waals surface area contributed by atoms with Gasteiger partial charge in [-0.1, -0.05) is 48.6 Å². The second kappa shape index (κ2) is 6.09. The summed E-state index contributed by atoms with van der Waals surface area (Å²) in [6.45, 7) is 6.23. The molecule has 1 aliphatic carbocycles. The molecule has 1 aliphatic rings. The van der Waals surface area contributed by atoms with Crippen LogP contribution in [0.3, 0.4) is 0 Å². The number of allylic oxidation sites excluding steroid dienone is 11. The zero-order valence-corrected chi connectivity index (χ0v) is 10.9. The summed E-state index contributed by atoms with van der Waals surface area (Å²) in [4.78, 5) is 0. The fourth-order valence-corrected chi connectivity index (χ4v) is 1.73. The van der Waals surface area contributed by atoms with Crippen LogP contribution in [0.2, 0.25) is 0 Å². The quantitative estimate of drug-likeness (QED) is 0.723. The van der Waals surface area contributed by atoms with Gasteiger partial charge in [0, 0.05) is 11.1 Å². The normalized spacial score (nSPS) is 25.6. The summed E-state index contributed by atoms with van der Waals surface area (Å²) in [5, 5.41) is 0. The summed E-state index contributed by atoms with van der Waals surface area (Å²) in [5.41, 5.74) is 7.73. The smallest absolute Gasteiger partial charge is 0.0311 e. The molecule has 0 aromatic rings. The molecular formula is C16H21N. The topological polar surface area (TPSA) is 26.0 Å². The van der Waals surface area contributed by atoms with Crippen LogP contribution in [0.15, 0.2) is 72.0 Å². The highest BCUT2D eigenvalue weighted by Crippen LogP contribution is 2.33. The van der Waals surface area contributed by atoms with Gasteiger partial charge >= 0.3 is 0 Å². The van der Waals surface area contributed by atoms with Crippen LogP contribution in [0.25, 0.3) is 0 Å². The molecule has 0 saturated heterocycles. The highest BCUT2D eigenvalue weighted by Gasteiger charge is 2.21. The van der Waals surface area contributed by atoms with Crippen LogP contribution in [-0.2, 0) is 0 Å². The van der Waals surface area contributed by atoms with E-state index in [9.17, 15) is 0 Å². The average molecular weight is 227 g/mol. The van der Waals surface area contributed by atoms with Crippen molar-refractivity contribution in [2.45, 2.75) is 20.8 Å². The molecule has 1 heteroatoms. The van der Waals surface area contributed by atoms with Crippen molar-refractivity contribution in [1.29, 1.82) is 0 Å². The maximum absolute atomic E-state index is 5.80. The van der Waals surface area contributed by atoms with E-state index in [-0.39, 0.29) is 5.41 Å². The largest absolute Gasteiger partial charge is 0.399 e. The van der Waals surface area contributed by atoms with Gasteiger partial charge in [0.15, 0.2) is 0 Å². The lowest BCUT2D eigenvalue weighted by atomic mass is 9.81. The summed E-state index contributed by atoms with van der Waals surface area (Å²) < 4.78 is 0. The molecule has 0 saturated carbocycles. The number of hydrogen-bond acceptors (Lipinski definition) is 1. The first kappa shape index (κ1) is 13.3. The Morgan fingerprint density at radius 3 is 2.65 bits per heavy atom. The van der Waals surface area contributed by atoms with Crippen LogP contribution in [-0.4, -0.2) is 0 Å². The Bertz CT molecular complexity index is 430. The van der Waals surface area contributed by atoms with Gasteiger partial charge < -0.3 is 5.73 Å². The molecule has 1 atom stereocenters. The minimum absolute atomic E-state index is 0.107. The van der Waals surface area contributed by atoms with Gasteiger partial charge in [0.1, 0.15) is 0 Å². The Morgan fingerprint density at radius 2 is 2.00 bits per heavy atom. The van der Waals surface area contributed by atoms with Gasteiger partial charge in [-0.3, -0.25) is 0 Å². The molecule has 0 heterocycles.